The van der Waals surface area contributed by atoms with E-state index in [1.807, 2.05) is 17.0 Å². The van der Waals surface area contributed by atoms with Crippen LogP contribution in [0.3, 0.4) is 0 Å². The van der Waals surface area contributed by atoms with Crippen LogP contribution in [0, 0.1) is 5.82 Å². The number of hydrogen-bond donors (Lipinski definition) is 1. The van der Waals surface area contributed by atoms with E-state index in [1.54, 1.807) is 12.1 Å². The van der Waals surface area contributed by atoms with Crippen molar-refractivity contribution in [3.63, 3.8) is 0 Å². The number of alkyl halides is 2. The first-order valence-electron chi connectivity index (χ1n) is 11.4. The predicted octanol–water partition coefficient (Wildman–Crippen LogP) is 6.63. The molecule has 1 aliphatic rings. The van der Waals surface area contributed by atoms with Crippen LogP contribution in [0.4, 0.5) is 24.8 Å². The number of halogens is 3. The van der Waals surface area contributed by atoms with E-state index in [0.717, 1.165) is 43.7 Å². The van der Waals surface area contributed by atoms with Crippen molar-refractivity contribution in [3.05, 3.63) is 82.9 Å². The molecule has 1 saturated heterocycles. The SMILES string of the molecule is CCc1ccc(CNc2ncnc(N3CCCCC3c3ccc(C(C)(F)F)cc3)c2F)cc1. The Morgan fingerprint density at radius 1 is 1.00 bits per heavy atom. The highest BCUT2D eigenvalue weighted by Crippen LogP contribution is 2.37. The highest BCUT2D eigenvalue weighted by molar-refractivity contribution is 5.53. The first kappa shape index (κ1) is 23.1. The molecule has 1 unspecified atom stereocenters. The van der Waals surface area contributed by atoms with Gasteiger partial charge in [0.25, 0.3) is 5.92 Å². The third-order valence-electron chi connectivity index (χ3n) is 6.24. The number of hydrogen-bond acceptors (Lipinski definition) is 4. The first-order valence-corrected chi connectivity index (χ1v) is 11.4. The van der Waals surface area contributed by atoms with E-state index in [4.69, 9.17) is 0 Å². The number of nitrogens with one attached hydrogen (secondary N) is 1. The van der Waals surface area contributed by atoms with Crippen molar-refractivity contribution in [1.82, 2.24) is 9.97 Å². The summed E-state index contributed by atoms with van der Waals surface area (Å²) in [6.07, 6.45) is 5.04. The summed E-state index contributed by atoms with van der Waals surface area (Å²) in [4.78, 5) is 10.3. The zero-order chi connectivity index (χ0) is 23.4. The van der Waals surface area contributed by atoms with Crippen molar-refractivity contribution in [2.24, 2.45) is 0 Å². The lowest BCUT2D eigenvalue weighted by Crippen LogP contribution is -2.35. The molecule has 3 aromatic rings. The largest absolute Gasteiger partial charge is 0.363 e. The number of aromatic nitrogens is 2. The van der Waals surface area contributed by atoms with Crippen molar-refractivity contribution < 1.29 is 13.2 Å². The fraction of sp³-hybridized carbons (Fsp3) is 0.385. The molecule has 0 spiro atoms. The minimum Gasteiger partial charge on any atom is -0.363 e. The summed E-state index contributed by atoms with van der Waals surface area (Å²) in [6.45, 7) is 4.08. The fourth-order valence-electron chi connectivity index (χ4n) is 4.29. The Morgan fingerprint density at radius 3 is 2.36 bits per heavy atom. The Labute approximate surface area is 192 Å². The van der Waals surface area contributed by atoms with Crippen LogP contribution in [0.2, 0.25) is 0 Å². The first-order chi connectivity index (χ1) is 15.9. The van der Waals surface area contributed by atoms with Crippen LogP contribution in [0.5, 0.6) is 0 Å². The van der Waals surface area contributed by atoms with Crippen LogP contribution in [-0.2, 0) is 18.9 Å². The Balaban J connectivity index is 1.55. The lowest BCUT2D eigenvalue weighted by Gasteiger charge is -2.37. The highest BCUT2D eigenvalue weighted by Gasteiger charge is 2.30. The molecule has 1 atom stereocenters. The van der Waals surface area contributed by atoms with Crippen molar-refractivity contribution in [1.29, 1.82) is 0 Å². The predicted molar refractivity (Wildman–Crippen MR) is 125 cm³/mol. The van der Waals surface area contributed by atoms with Gasteiger partial charge in [-0.3, -0.25) is 0 Å². The number of piperidine rings is 1. The molecular formula is C26H29F3N4. The van der Waals surface area contributed by atoms with Crippen molar-refractivity contribution >= 4 is 11.6 Å². The summed E-state index contributed by atoms with van der Waals surface area (Å²) in [6, 6.07) is 14.4. The van der Waals surface area contributed by atoms with Gasteiger partial charge in [-0.1, -0.05) is 55.5 Å². The average Bonchev–Trinajstić information content (AvgIpc) is 2.83. The van der Waals surface area contributed by atoms with Gasteiger partial charge in [0, 0.05) is 25.6 Å². The molecule has 4 nitrogen and oxygen atoms in total. The highest BCUT2D eigenvalue weighted by atomic mass is 19.3. The van der Waals surface area contributed by atoms with Gasteiger partial charge in [0.15, 0.2) is 11.6 Å². The summed E-state index contributed by atoms with van der Waals surface area (Å²) in [5.41, 5.74) is 3.14. The second kappa shape index (κ2) is 9.81. The minimum absolute atomic E-state index is 0.0275. The topological polar surface area (TPSA) is 41.1 Å². The smallest absolute Gasteiger partial charge is 0.270 e. The van der Waals surface area contributed by atoms with Crippen molar-refractivity contribution in [2.75, 3.05) is 16.8 Å². The van der Waals surface area contributed by atoms with E-state index >= 15 is 4.39 Å². The van der Waals surface area contributed by atoms with E-state index < -0.39 is 11.7 Å². The standard InChI is InChI=1S/C26H29F3N4/c1-3-18-7-9-19(10-8-18)16-30-24-23(27)25(32-17-31-24)33-15-5-4-6-22(33)20-11-13-21(14-12-20)26(2,28)29/h7-14,17,22H,3-6,15-16H2,1-2H3,(H,30,31,32). The van der Waals surface area contributed by atoms with Gasteiger partial charge in [-0.05, 0) is 42.4 Å². The molecule has 1 N–H and O–H groups in total. The molecule has 0 radical (unpaired) electrons. The monoisotopic (exact) mass is 454 g/mol. The molecular weight excluding hydrogens is 425 g/mol. The number of nitrogens with zero attached hydrogens (tertiary/aromatic N) is 3. The van der Waals surface area contributed by atoms with Crippen LogP contribution >= 0.6 is 0 Å². The van der Waals surface area contributed by atoms with Crippen molar-refractivity contribution in [2.45, 2.75) is 58.0 Å². The molecule has 4 rings (SSSR count). The fourth-order valence-corrected chi connectivity index (χ4v) is 4.29. The summed E-state index contributed by atoms with van der Waals surface area (Å²) in [7, 11) is 0. The van der Waals surface area contributed by atoms with E-state index in [-0.39, 0.29) is 23.2 Å². The summed E-state index contributed by atoms with van der Waals surface area (Å²) >= 11 is 0. The Morgan fingerprint density at radius 2 is 1.70 bits per heavy atom. The molecule has 2 heterocycles. The lowest BCUT2D eigenvalue weighted by molar-refractivity contribution is 0.0174. The van der Waals surface area contributed by atoms with Crippen LogP contribution in [-0.4, -0.2) is 16.5 Å². The zero-order valence-electron chi connectivity index (χ0n) is 19.0. The quantitative estimate of drug-likeness (QED) is 0.435. The van der Waals surface area contributed by atoms with E-state index in [1.165, 1.54) is 24.0 Å². The number of anilines is 2. The summed E-state index contributed by atoms with van der Waals surface area (Å²) < 4.78 is 42.7. The van der Waals surface area contributed by atoms with Gasteiger partial charge in [-0.2, -0.15) is 4.39 Å². The molecule has 2 aromatic carbocycles. The molecule has 0 amide bonds. The van der Waals surface area contributed by atoms with Crippen LogP contribution in [0.15, 0.2) is 54.9 Å². The Hall–Kier alpha value is -3.09. The van der Waals surface area contributed by atoms with E-state index in [9.17, 15) is 8.78 Å². The second-order valence-electron chi connectivity index (χ2n) is 8.60. The molecule has 1 aromatic heterocycles. The second-order valence-corrected chi connectivity index (χ2v) is 8.60. The molecule has 0 bridgehead atoms. The summed E-state index contributed by atoms with van der Waals surface area (Å²) in [5.74, 6) is -2.99. The molecule has 0 saturated carbocycles. The third kappa shape index (κ3) is 5.29. The average molecular weight is 455 g/mol. The molecule has 1 fully saturated rings. The van der Waals surface area contributed by atoms with Gasteiger partial charge in [-0.15, -0.1) is 0 Å². The summed E-state index contributed by atoms with van der Waals surface area (Å²) in [5, 5.41) is 3.09. The molecule has 7 heteroatoms. The lowest BCUT2D eigenvalue weighted by atomic mass is 9.94. The third-order valence-corrected chi connectivity index (χ3v) is 6.24. The molecule has 1 aliphatic heterocycles. The number of aryl methyl sites for hydroxylation is 1. The van der Waals surface area contributed by atoms with Gasteiger partial charge in [-0.25, -0.2) is 18.7 Å². The Kier molecular flexibility index (Phi) is 6.86. The van der Waals surface area contributed by atoms with Crippen LogP contribution in [0.1, 0.15) is 61.4 Å². The molecule has 33 heavy (non-hydrogen) atoms. The maximum Gasteiger partial charge on any atom is 0.270 e. The van der Waals surface area contributed by atoms with E-state index in [2.05, 4.69) is 34.3 Å². The van der Waals surface area contributed by atoms with Crippen LogP contribution < -0.4 is 10.2 Å². The number of rotatable bonds is 7. The van der Waals surface area contributed by atoms with Crippen molar-refractivity contribution in [3.8, 4) is 0 Å². The molecule has 174 valence electrons. The van der Waals surface area contributed by atoms with Gasteiger partial charge in [0.2, 0.25) is 5.82 Å². The minimum atomic E-state index is -2.89. The molecule has 0 aliphatic carbocycles. The van der Waals surface area contributed by atoms with E-state index in [0.29, 0.717) is 13.1 Å². The van der Waals surface area contributed by atoms with Gasteiger partial charge < -0.3 is 10.2 Å². The Bertz CT molecular complexity index is 1060. The zero-order valence-corrected chi connectivity index (χ0v) is 19.0. The van der Waals surface area contributed by atoms with Gasteiger partial charge >= 0.3 is 0 Å². The number of benzene rings is 2. The van der Waals surface area contributed by atoms with Gasteiger partial charge in [0.05, 0.1) is 6.04 Å². The van der Waals surface area contributed by atoms with Crippen LogP contribution in [0.25, 0.3) is 0 Å². The normalized spacial score (nSPS) is 16.6. The van der Waals surface area contributed by atoms with Gasteiger partial charge in [0.1, 0.15) is 6.33 Å². The maximum atomic E-state index is 15.5. The maximum absolute atomic E-state index is 15.5.